The lowest BCUT2D eigenvalue weighted by Gasteiger charge is -2.34. The standard InChI is InChI=1S/C20H19ClN2O2/c21-18-8-4-5-16(15-18)9-10-19(24)22-11-13-23(14-12-22)20(25)17-6-2-1-3-7-17/h1-10,15H,11-14H2/b10-9+. The molecule has 4 nitrogen and oxygen atoms in total. The van der Waals surface area contributed by atoms with Crippen molar-refractivity contribution in [3.8, 4) is 0 Å². The average Bonchev–Trinajstić information content (AvgIpc) is 2.66. The molecule has 1 fully saturated rings. The van der Waals surface area contributed by atoms with E-state index in [2.05, 4.69) is 0 Å². The maximum atomic E-state index is 12.4. The molecule has 1 saturated heterocycles. The summed E-state index contributed by atoms with van der Waals surface area (Å²) in [5.74, 6) is -0.0334. The number of benzene rings is 2. The Hall–Kier alpha value is -2.59. The number of amides is 2. The minimum atomic E-state index is -0.0493. The van der Waals surface area contributed by atoms with Crippen molar-refractivity contribution in [2.45, 2.75) is 0 Å². The molecule has 1 heterocycles. The topological polar surface area (TPSA) is 40.6 Å². The van der Waals surface area contributed by atoms with Gasteiger partial charge in [0.15, 0.2) is 0 Å². The van der Waals surface area contributed by atoms with E-state index in [1.807, 2.05) is 48.5 Å². The van der Waals surface area contributed by atoms with E-state index in [1.54, 1.807) is 28.0 Å². The van der Waals surface area contributed by atoms with Gasteiger partial charge < -0.3 is 9.80 Å². The van der Waals surface area contributed by atoms with Crippen LogP contribution in [-0.2, 0) is 4.79 Å². The van der Waals surface area contributed by atoms with Crippen molar-refractivity contribution < 1.29 is 9.59 Å². The lowest BCUT2D eigenvalue weighted by atomic mass is 10.1. The van der Waals surface area contributed by atoms with E-state index in [-0.39, 0.29) is 11.8 Å². The highest BCUT2D eigenvalue weighted by Gasteiger charge is 2.23. The molecule has 0 aliphatic carbocycles. The molecular weight excluding hydrogens is 336 g/mol. The fourth-order valence-electron chi connectivity index (χ4n) is 2.78. The summed E-state index contributed by atoms with van der Waals surface area (Å²) in [5, 5.41) is 0.641. The van der Waals surface area contributed by atoms with Crippen molar-refractivity contribution in [3.63, 3.8) is 0 Å². The zero-order valence-electron chi connectivity index (χ0n) is 13.8. The van der Waals surface area contributed by atoms with Crippen LogP contribution in [0.15, 0.2) is 60.7 Å². The molecule has 0 atom stereocenters. The van der Waals surface area contributed by atoms with Crippen LogP contribution < -0.4 is 0 Å². The average molecular weight is 355 g/mol. The Balaban J connectivity index is 1.55. The van der Waals surface area contributed by atoms with Gasteiger partial charge in [-0.25, -0.2) is 0 Å². The van der Waals surface area contributed by atoms with Gasteiger partial charge in [0.25, 0.3) is 5.91 Å². The van der Waals surface area contributed by atoms with Crippen LogP contribution in [0.1, 0.15) is 15.9 Å². The maximum absolute atomic E-state index is 12.4. The molecule has 1 aliphatic rings. The molecule has 0 aromatic heterocycles. The van der Waals surface area contributed by atoms with Gasteiger partial charge in [-0.1, -0.05) is 41.9 Å². The fraction of sp³-hybridized carbons (Fsp3) is 0.200. The summed E-state index contributed by atoms with van der Waals surface area (Å²) in [6.07, 6.45) is 3.32. The molecule has 5 heteroatoms. The molecule has 25 heavy (non-hydrogen) atoms. The van der Waals surface area contributed by atoms with E-state index in [0.717, 1.165) is 5.56 Å². The molecule has 2 amide bonds. The molecule has 2 aromatic rings. The van der Waals surface area contributed by atoms with Crippen LogP contribution in [0.2, 0.25) is 5.02 Å². The van der Waals surface area contributed by atoms with Crippen LogP contribution in [0, 0.1) is 0 Å². The summed E-state index contributed by atoms with van der Waals surface area (Å²) in [5.41, 5.74) is 1.57. The highest BCUT2D eigenvalue weighted by molar-refractivity contribution is 6.30. The number of nitrogens with zero attached hydrogens (tertiary/aromatic N) is 2. The molecule has 2 aromatic carbocycles. The van der Waals surface area contributed by atoms with E-state index in [0.29, 0.717) is 36.8 Å². The van der Waals surface area contributed by atoms with Crippen LogP contribution in [0.5, 0.6) is 0 Å². The summed E-state index contributed by atoms with van der Waals surface area (Å²) in [4.78, 5) is 28.3. The summed E-state index contributed by atoms with van der Waals surface area (Å²) >= 11 is 5.94. The Morgan fingerprint density at radius 3 is 2.24 bits per heavy atom. The molecule has 3 rings (SSSR count). The van der Waals surface area contributed by atoms with E-state index < -0.39 is 0 Å². The number of halogens is 1. The zero-order valence-corrected chi connectivity index (χ0v) is 14.5. The third kappa shape index (κ3) is 4.48. The minimum Gasteiger partial charge on any atom is -0.336 e. The molecule has 0 N–H and O–H groups in total. The van der Waals surface area contributed by atoms with E-state index >= 15 is 0 Å². The largest absolute Gasteiger partial charge is 0.336 e. The minimum absolute atomic E-state index is 0.0159. The van der Waals surface area contributed by atoms with Gasteiger partial charge in [-0.05, 0) is 35.9 Å². The van der Waals surface area contributed by atoms with Crippen molar-refractivity contribution in [1.82, 2.24) is 9.80 Å². The van der Waals surface area contributed by atoms with E-state index in [9.17, 15) is 9.59 Å². The van der Waals surface area contributed by atoms with Gasteiger partial charge in [-0.3, -0.25) is 9.59 Å². The first-order chi connectivity index (χ1) is 12.1. The van der Waals surface area contributed by atoms with Crippen LogP contribution >= 0.6 is 11.6 Å². The molecule has 0 unspecified atom stereocenters. The predicted molar refractivity (Wildman–Crippen MR) is 99.4 cm³/mol. The smallest absolute Gasteiger partial charge is 0.253 e. The number of piperazine rings is 1. The lowest BCUT2D eigenvalue weighted by Crippen LogP contribution is -2.50. The van der Waals surface area contributed by atoms with Gasteiger partial charge in [-0.15, -0.1) is 0 Å². The number of hydrogen-bond donors (Lipinski definition) is 0. The normalized spacial score (nSPS) is 14.8. The third-order valence-electron chi connectivity index (χ3n) is 4.17. The Morgan fingerprint density at radius 2 is 1.56 bits per heavy atom. The first-order valence-corrected chi connectivity index (χ1v) is 8.58. The summed E-state index contributed by atoms with van der Waals surface area (Å²) in [7, 11) is 0. The molecule has 0 bridgehead atoms. The zero-order chi connectivity index (χ0) is 17.6. The van der Waals surface area contributed by atoms with Gasteiger partial charge in [0.05, 0.1) is 0 Å². The van der Waals surface area contributed by atoms with Crippen LogP contribution in [-0.4, -0.2) is 47.8 Å². The molecule has 128 valence electrons. The second-order valence-electron chi connectivity index (χ2n) is 5.87. The van der Waals surface area contributed by atoms with E-state index in [4.69, 9.17) is 11.6 Å². The third-order valence-corrected chi connectivity index (χ3v) is 4.40. The summed E-state index contributed by atoms with van der Waals surface area (Å²) in [6, 6.07) is 16.6. The summed E-state index contributed by atoms with van der Waals surface area (Å²) in [6.45, 7) is 2.17. The monoisotopic (exact) mass is 354 g/mol. The number of carbonyl (C=O) groups is 2. The van der Waals surface area contributed by atoms with Crippen molar-refractivity contribution in [2.75, 3.05) is 26.2 Å². The fourth-order valence-corrected chi connectivity index (χ4v) is 2.98. The highest BCUT2D eigenvalue weighted by atomic mass is 35.5. The van der Waals surface area contributed by atoms with Crippen LogP contribution in [0.4, 0.5) is 0 Å². The van der Waals surface area contributed by atoms with Crippen molar-refractivity contribution in [1.29, 1.82) is 0 Å². The Kier molecular flexibility index (Phi) is 5.51. The van der Waals surface area contributed by atoms with Gasteiger partial charge in [0.2, 0.25) is 5.91 Å². The van der Waals surface area contributed by atoms with Crippen molar-refractivity contribution in [2.24, 2.45) is 0 Å². The van der Waals surface area contributed by atoms with Gasteiger partial charge in [0, 0.05) is 42.8 Å². The Morgan fingerprint density at radius 1 is 0.880 bits per heavy atom. The first kappa shape index (κ1) is 17.2. The van der Waals surface area contributed by atoms with Crippen molar-refractivity contribution >= 4 is 29.5 Å². The maximum Gasteiger partial charge on any atom is 0.253 e. The van der Waals surface area contributed by atoms with Gasteiger partial charge in [-0.2, -0.15) is 0 Å². The Bertz CT molecular complexity index is 781. The molecule has 1 aliphatic heterocycles. The quantitative estimate of drug-likeness (QED) is 0.793. The number of rotatable bonds is 3. The Labute approximate surface area is 152 Å². The SMILES string of the molecule is O=C(/C=C/c1cccc(Cl)c1)N1CCN(C(=O)c2ccccc2)CC1. The molecule has 0 radical (unpaired) electrons. The number of carbonyl (C=O) groups excluding carboxylic acids is 2. The van der Waals surface area contributed by atoms with E-state index in [1.165, 1.54) is 0 Å². The number of hydrogen-bond acceptors (Lipinski definition) is 2. The van der Waals surface area contributed by atoms with Crippen LogP contribution in [0.3, 0.4) is 0 Å². The highest BCUT2D eigenvalue weighted by Crippen LogP contribution is 2.13. The van der Waals surface area contributed by atoms with Gasteiger partial charge >= 0.3 is 0 Å². The lowest BCUT2D eigenvalue weighted by molar-refractivity contribution is -0.127. The predicted octanol–water partition coefficient (Wildman–Crippen LogP) is 3.34. The molecule has 0 saturated carbocycles. The summed E-state index contributed by atoms with van der Waals surface area (Å²) < 4.78 is 0. The van der Waals surface area contributed by atoms with Gasteiger partial charge in [0.1, 0.15) is 0 Å². The second-order valence-corrected chi connectivity index (χ2v) is 6.31. The van der Waals surface area contributed by atoms with Crippen LogP contribution in [0.25, 0.3) is 6.08 Å². The molecular formula is C20H19ClN2O2. The second kappa shape index (κ2) is 7.99. The molecule has 0 spiro atoms. The first-order valence-electron chi connectivity index (χ1n) is 8.20. The van der Waals surface area contributed by atoms with Crippen molar-refractivity contribution in [3.05, 3.63) is 76.8 Å².